The van der Waals surface area contributed by atoms with Crippen LogP contribution in [0.15, 0.2) is 24.3 Å². The molecule has 0 unspecified atom stereocenters. The number of hydrogen-bond donors (Lipinski definition) is 0. The molecule has 0 fully saturated rings. The lowest BCUT2D eigenvalue weighted by Crippen LogP contribution is -2.10. The first-order chi connectivity index (χ1) is 8.09. The van der Waals surface area contributed by atoms with E-state index in [0.717, 1.165) is 12.8 Å². The van der Waals surface area contributed by atoms with Crippen LogP contribution in [-0.2, 0) is 20.7 Å². The molecule has 0 amide bonds. The van der Waals surface area contributed by atoms with Crippen LogP contribution in [0.1, 0.15) is 30.9 Å². The third-order valence-electron chi connectivity index (χ3n) is 2.51. The first kappa shape index (κ1) is 13.4. The number of carbonyl (C=O) groups excluding carboxylic acids is 2. The highest BCUT2D eigenvalue weighted by Crippen LogP contribution is 2.09. The van der Waals surface area contributed by atoms with Crippen LogP contribution in [0, 0.1) is 6.92 Å². The normalized spacial score (nSPS) is 10.0. The van der Waals surface area contributed by atoms with E-state index in [4.69, 9.17) is 4.74 Å². The van der Waals surface area contributed by atoms with Gasteiger partial charge in [-0.2, -0.15) is 0 Å². The maximum absolute atomic E-state index is 11.1. The maximum atomic E-state index is 11.1. The smallest absolute Gasteiger partial charge is 0.313 e. The van der Waals surface area contributed by atoms with E-state index in [1.165, 1.54) is 18.1 Å². The van der Waals surface area contributed by atoms with Crippen LogP contribution in [0.2, 0.25) is 0 Å². The molecule has 0 heterocycles. The minimum absolute atomic E-state index is 0.121. The van der Waals surface area contributed by atoms with E-state index in [9.17, 15) is 9.59 Å². The first-order valence-electron chi connectivity index (χ1n) is 5.79. The number of ether oxygens (including phenoxy) is 1. The summed E-state index contributed by atoms with van der Waals surface area (Å²) in [7, 11) is 0. The van der Waals surface area contributed by atoms with Crippen molar-refractivity contribution in [1.82, 2.24) is 0 Å². The molecule has 92 valence electrons. The van der Waals surface area contributed by atoms with Crippen LogP contribution in [0.3, 0.4) is 0 Å². The van der Waals surface area contributed by atoms with E-state index in [1.807, 2.05) is 12.1 Å². The minimum Gasteiger partial charge on any atom is -0.465 e. The van der Waals surface area contributed by atoms with Crippen LogP contribution >= 0.6 is 0 Å². The summed E-state index contributed by atoms with van der Waals surface area (Å²) in [4.78, 5) is 21.7. The molecule has 3 nitrogen and oxygen atoms in total. The van der Waals surface area contributed by atoms with E-state index in [2.05, 4.69) is 19.1 Å². The number of rotatable bonds is 6. The van der Waals surface area contributed by atoms with Crippen LogP contribution in [0.25, 0.3) is 0 Å². The fourth-order valence-corrected chi connectivity index (χ4v) is 1.59. The van der Waals surface area contributed by atoms with E-state index < -0.39 is 5.97 Å². The van der Waals surface area contributed by atoms with Gasteiger partial charge in [-0.3, -0.25) is 9.59 Å². The average Bonchev–Trinajstić information content (AvgIpc) is 2.25. The molecular formula is C14H18O3. The molecular weight excluding hydrogens is 216 g/mol. The summed E-state index contributed by atoms with van der Waals surface area (Å²) < 4.78 is 4.95. The van der Waals surface area contributed by atoms with Crippen LogP contribution in [0.4, 0.5) is 0 Å². The number of Topliss-reactive ketones (excluding diaryl/α,β-unsaturated/α-hetero) is 1. The Kier molecular flexibility index (Phi) is 5.40. The summed E-state index contributed by atoms with van der Waals surface area (Å²) >= 11 is 0. The molecule has 1 aromatic rings. The second kappa shape index (κ2) is 6.84. The summed E-state index contributed by atoms with van der Waals surface area (Å²) in [5, 5.41) is 0. The van der Waals surface area contributed by atoms with Gasteiger partial charge in [0.2, 0.25) is 0 Å². The Labute approximate surface area is 102 Å². The van der Waals surface area contributed by atoms with Gasteiger partial charge in [0.15, 0.2) is 0 Å². The summed E-state index contributed by atoms with van der Waals surface area (Å²) in [6.07, 6.45) is 1.55. The minimum atomic E-state index is -0.428. The SMILES string of the molecule is CC(=O)CC(=O)OCCCc1ccccc1C. The van der Waals surface area contributed by atoms with Gasteiger partial charge in [0.05, 0.1) is 6.61 Å². The summed E-state index contributed by atoms with van der Waals surface area (Å²) in [5.41, 5.74) is 2.53. The fraction of sp³-hybridized carbons (Fsp3) is 0.429. The van der Waals surface area contributed by atoms with Crippen molar-refractivity contribution in [2.45, 2.75) is 33.1 Å². The Morgan fingerprint density at radius 3 is 2.59 bits per heavy atom. The monoisotopic (exact) mass is 234 g/mol. The zero-order chi connectivity index (χ0) is 12.7. The molecule has 0 N–H and O–H groups in total. The molecule has 0 radical (unpaired) electrons. The maximum Gasteiger partial charge on any atom is 0.313 e. The van der Waals surface area contributed by atoms with Gasteiger partial charge in [-0.15, -0.1) is 0 Å². The highest BCUT2D eigenvalue weighted by atomic mass is 16.5. The molecule has 0 aliphatic heterocycles. The molecule has 1 rings (SSSR count). The van der Waals surface area contributed by atoms with E-state index >= 15 is 0 Å². The quantitative estimate of drug-likeness (QED) is 0.431. The predicted molar refractivity (Wildman–Crippen MR) is 65.8 cm³/mol. The van der Waals surface area contributed by atoms with Crippen molar-refractivity contribution in [3.05, 3.63) is 35.4 Å². The van der Waals surface area contributed by atoms with Gasteiger partial charge in [0, 0.05) is 0 Å². The lowest BCUT2D eigenvalue weighted by Gasteiger charge is -2.06. The molecule has 3 heteroatoms. The number of hydrogen-bond acceptors (Lipinski definition) is 3. The zero-order valence-corrected chi connectivity index (χ0v) is 10.4. The molecule has 0 aliphatic carbocycles. The molecule has 17 heavy (non-hydrogen) atoms. The third-order valence-corrected chi connectivity index (χ3v) is 2.51. The lowest BCUT2D eigenvalue weighted by molar-refractivity contribution is -0.145. The number of aryl methyl sites for hydroxylation is 2. The molecule has 1 aromatic carbocycles. The average molecular weight is 234 g/mol. The topological polar surface area (TPSA) is 43.4 Å². The number of ketones is 1. The van der Waals surface area contributed by atoms with E-state index in [0.29, 0.717) is 6.61 Å². The molecule has 0 saturated carbocycles. The van der Waals surface area contributed by atoms with Gasteiger partial charge < -0.3 is 4.74 Å². The number of benzene rings is 1. The van der Waals surface area contributed by atoms with Crippen molar-refractivity contribution in [2.24, 2.45) is 0 Å². The van der Waals surface area contributed by atoms with Gasteiger partial charge >= 0.3 is 5.97 Å². The van der Waals surface area contributed by atoms with Crippen LogP contribution in [-0.4, -0.2) is 18.4 Å². The summed E-state index contributed by atoms with van der Waals surface area (Å²) in [5.74, 6) is -0.587. The molecule has 0 atom stereocenters. The second-order valence-electron chi connectivity index (χ2n) is 4.13. The molecule has 0 spiro atoms. The van der Waals surface area contributed by atoms with Crippen LogP contribution < -0.4 is 0 Å². The highest BCUT2D eigenvalue weighted by molar-refractivity contribution is 5.94. The Morgan fingerprint density at radius 2 is 1.94 bits per heavy atom. The fourth-order valence-electron chi connectivity index (χ4n) is 1.59. The van der Waals surface area contributed by atoms with Crippen molar-refractivity contribution in [2.75, 3.05) is 6.61 Å². The van der Waals surface area contributed by atoms with Gasteiger partial charge in [-0.1, -0.05) is 24.3 Å². The standard InChI is InChI=1S/C14H18O3/c1-11-6-3-4-7-13(11)8-5-9-17-14(16)10-12(2)15/h3-4,6-7H,5,8-10H2,1-2H3. The van der Waals surface area contributed by atoms with E-state index in [-0.39, 0.29) is 12.2 Å². The Bertz CT molecular complexity index is 396. The number of esters is 1. The second-order valence-corrected chi connectivity index (χ2v) is 4.13. The van der Waals surface area contributed by atoms with Gasteiger partial charge in [0.1, 0.15) is 12.2 Å². The Hall–Kier alpha value is -1.64. The molecule has 0 aliphatic rings. The van der Waals surface area contributed by atoms with Crippen LogP contribution in [0.5, 0.6) is 0 Å². The molecule has 0 saturated heterocycles. The highest BCUT2D eigenvalue weighted by Gasteiger charge is 2.05. The summed E-state index contributed by atoms with van der Waals surface area (Å²) in [6, 6.07) is 8.15. The van der Waals surface area contributed by atoms with Crippen molar-refractivity contribution in [1.29, 1.82) is 0 Å². The number of carbonyl (C=O) groups is 2. The largest absolute Gasteiger partial charge is 0.465 e. The third kappa shape index (κ3) is 5.29. The van der Waals surface area contributed by atoms with E-state index in [1.54, 1.807) is 0 Å². The Balaban J connectivity index is 2.23. The van der Waals surface area contributed by atoms with Gasteiger partial charge in [-0.05, 0) is 37.8 Å². The molecule has 0 aromatic heterocycles. The molecule has 0 bridgehead atoms. The summed E-state index contributed by atoms with van der Waals surface area (Å²) in [6.45, 7) is 3.83. The predicted octanol–water partition coefficient (Wildman–Crippen LogP) is 2.45. The van der Waals surface area contributed by atoms with Gasteiger partial charge in [-0.25, -0.2) is 0 Å². The van der Waals surface area contributed by atoms with Crippen molar-refractivity contribution in [3.8, 4) is 0 Å². The van der Waals surface area contributed by atoms with Gasteiger partial charge in [0.25, 0.3) is 0 Å². The zero-order valence-electron chi connectivity index (χ0n) is 10.4. The van der Waals surface area contributed by atoms with Crippen molar-refractivity contribution < 1.29 is 14.3 Å². The Morgan fingerprint density at radius 1 is 1.24 bits per heavy atom. The van der Waals surface area contributed by atoms with Crippen molar-refractivity contribution in [3.63, 3.8) is 0 Å². The first-order valence-corrected chi connectivity index (χ1v) is 5.79. The lowest BCUT2D eigenvalue weighted by atomic mass is 10.0. The van der Waals surface area contributed by atoms with Crippen molar-refractivity contribution >= 4 is 11.8 Å².